The van der Waals surface area contributed by atoms with Gasteiger partial charge in [-0.15, -0.1) is 0 Å². The number of benzene rings is 1. The SMILES string of the molecule is CC(C)(C)ONC(=O)Nc1ccccc1C(=O)O. The second kappa shape index (κ2) is 5.50. The number of hydroxylamine groups is 1. The highest BCUT2D eigenvalue weighted by atomic mass is 16.7. The average Bonchev–Trinajstić information content (AvgIpc) is 2.26. The molecule has 98 valence electrons. The minimum absolute atomic E-state index is 0.0170. The van der Waals surface area contributed by atoms with E-state index in [9.17, 15) is 9.59 Å². The van der Waals surface area contributed by atoms with Crippen molar-refractivity contribution in [2.24, 2.45) is 0 Å². The molecule has 0 aliphatic carbocycles. The first kappa shape index (κ1) is 14.0. The van der Waals surface area contributed by atoms with E-state index in [1.165, 1.54) is 12.1 Å². The van der Waals surface area contributed by atoms with Crippen LogP contribution in [0.5, 0.6) is 0 Å². The van der Waals surface area contributed by atoms with Gasteiger partial charge in [0.05, 0.1) is 16.9 Å². The van der Waals surface area contributed by atoms with Crippen molar-refractivity contribution in [1.82, 2.24) is 5.48 Å². The number of urea groups is 1. The topological polar surface area (TPSA) is 87.7 Å². The van der Waals surface area contributed by atoms with E-state index in [0.717, 1.165) is 0 Å². The number of carbonyl (C=O) groups excluding carboxylic acids is 1. The van der Waals surface area contributed by atoms with E-state index in [4.69, 9.17) is 9.94 Å². The van der Waals surface area contributed by atoms with Crippen LogP contribution in [0, 0.1) is 0 Å². The van der Waals surface area contributed by atoms with Crippen molar-refractivity contribution >= 4 is 17.7 Å². The summed E-state index contributed by atoms with van der Waals surface area (Å²) in [5.41, 5.74) is 1.90. The van der Waals surface area contributed by atoms with Crippen LogP contribution in [0.3, 0.4) is 0 Å². The zero-order valence-corrected chi connectivity index (χ0v) is 10.5. The number of amides is 2. The summed E-state index contributed by atoms with van der Waals surface area (Å²) in [4.78, 5) is 27.5. The lowest BCUT2D eigenvalue weighted by molar-refractivity contribution is -0.0505. The lowest BCUT2D eigenvalue weighted by Crippen LogP contribution is -2.36. The Kier molecular flexibility index (Phi) is 4.28. The minimum atomic E-state index is -1.11. The van der Waals surface area contributed by atoms with Crippen LogP contribution >= 0.6 is 0 Å². The molecule has 0 spiro atoms. The van der Waals surface area contributed by atoms with E-state index >= 15 is 0 Å². The number of para-hydroxylation sites is 1. The molecular formula is C12H16N2O4. The Morgan fingerprint density at radius 2 is 1.83 bits per heavy atom. The van der Waals surface area contributed by atoms with Gasteiger partial charge in [-0.05, 0) is 32.9 Å². The first-order chi connectivity index (χ1) is 8.29. The lowest BCUT2D eigenvalue weighted by Gasteiger charge is -2.19. The standard InChI is InChI=1S/C12H16N2O4/c1-12(2,3)18-14-11(17)13-9-7-5-4-6-8(9)10(15)16/h4-7H,1-3H3,(H,15,16)(H2,13,14,17). The van der Waals surface area contributed by atoms with Gasteiger partial charge >= 0.3 is 12.0 Å². The van der Waals surface area contributed by atoms with E-state index in [2.05, 4.69) is 10.8 Å². The van der Waals surface area contributed by atoms with E-state index in [1.54, 1.807) is 32.9 Å². The molecule has 0 aliphatic rings. The predicted octanol–water partition coefficient (Wildman–Crippen LogP) is 2.24. The molecule has 6 nitrogen and oxygen atoms in total. The van der Waals surface area contributed by atoms with Crippen LogP contribution in [0.15, 0.2) is 24.3 Å². The van der Waals surface area contributed by atoms with Gasteiger partial charge in [-0.25, -0.2) is 15.1 Å². The molecule has 0 bridgehead atoms. The molecule has 2 amide bonds. The van der Waals surface area contributed by atoms with Crippen LogP contribution in [0.2, 0.25) is 0 Å². The molecule has 0 aromatic heterocycles. The smallest absolute Gasteiger partial charge is 0.343 e. The Hall–Kier alpha value is -2.08. The van der Waals surface area contributed by atoms with E-state index in [1.807, 2.05) is 0 Å². The van der Waals surface area contributed by atoms with Gasteiger partial charge in [0.25, 0.3) is 0 Å². The van der Waals surface area contributed by atoms with E-state index in [0.29, 0.717) is 0 Å². The quantitative estimate of drug-likeness (QED) is 0.720. The maximum Gasteiger partial charge on any atom is 0.343 e. The van der Waals surface area contributed by atoms with Crippen LogP contribution in [0.25, 0.3) is 0 Å². The van der Waals surface area contributed by atoms with Gasteiger partial charge in [0, 0.05) is 0 Å². The minimum Gasteiger partial charge on any atom is -0.478 e. The highest BCUT2D eigenvalue weighted by Crippen LogP contribution is 2.14. The molecule has 0 saturated carbocycles. The third kappa shape index (κ3) is 4.42. The summed E-state index contributed by atoms with van der Waals surface area (Å²) in [5.74, 6) is -1.11. The van der Waals surface area contributed by atoms with Crippen molar-refractivity contribution in [3.05, 3.63) is 29.8 Å². The number of aromatic carboxylic acids is 1. The zero-order chi connectivity index (χ0) is 13.8. The van der Waals surface area contributed by atoms with E-state index < -0.39 is 17.6 Å². The summed E-state index contributed by atoms with van der Waals surface area (Å²) in [6.45, 7) is 5.33. The second-order valence-corrected chi connectivity index (χ2v) is 4.62. The zero-order valence-electron chi connectivity index (χ0n) is 10.5. The number of anilines is 1. The summed E-state index contributed by atoms with van der Waals surface area (Å²) < 4.78 is 0. The Morgan fingerprint density at radius 3 is 2.39 bits per heavy atom. The van der Waals surface area contributed by atoms with Crippen molar-refractivity contribution in [3.8, 4) is 0 Å². The molecule has 1 rings (SSSR count). The number of carbonyl (C=O) groups is 2. The summed E-state index contributed by atoms with van der Waals surface area (Å²) in [5, 5.41) is 11.3. The number of rotatable bonds is 3. The second-order valence-electron chi connectivity index (χ2n) is 4.62. The number of carboxylic acid groups (broad SMARTS) is 1. The molecule has 0 radical (unpaired) electrons. The first-order valence-electron chi connectivity index (χ1n) is 5.37. The Labute approximate surface area is 105 Å². The lowest BCUT2D eigenvalue weighted by atomic mass is 10.2. The monoisotopic (exact) mass is 252 g/mol. The van der Waals surface area contributed by atoms with Crippen molar-refractivity contribution in [3.63, 3.8) is 0 Å². The molecule has 0 aliphatic heterocycles. The third-order valence-corrected chi connectivity index (χ3v) is 1.86. The fraction of sp³-hybridized carbons (Fsp3) is 0.333. The maximum atomic E-state index is 11.5. The summed E-state index contributed by atoms with van der Waals surface area (Å²) in [6, 6.07) is 5.49. The summed E-state index contributed by atoms with van der Waals surface area (Å²) >= 11 is 0. The molecule has 0 atom stereocenters. The molecule has 0 heterocycles. The van der Waals surface area contributed by atoms with Crippen LogP contribution < -0.4 is 10.8 Å². The number of carboxylic acids is 1. The fourth-order valence-corrected chi connectivity index (χ4v) is 1.13. The number of hydrogen-bond donors (Lipinski definition) is 3. The molecule has 0 saturated heterocycles. The third-order valence-electron chi connectivity index (χ3n) is 1.86. The molecule has 18 heavy (non-hydrogen) atoms. The van der Waals surface area contributed by atoms with Gasteiger partial charge in [0.1, 0.15) is 0 Å². The molecule has 1 aromatic carbocycles. The van der Waals surface area contributed by atoms with Gasteiger partial charge in [-0.2, -0.15) is 0 Å². The van der Waals surface area contributed by atoms with Crippen LogP contribution in [-0.4, -0.2) is 22.7 Å². The average molecular weight is 252 g/mol. The Balaban J connectivity index is 2.68. The Bertz CT molecular complexity index is 452. The van der Waals surface area contributed by atoms with Crippen LogP contribution in [0.1, 0.15) is 31.1 Å². The first-order valence-corrected chi connectivity index (χ1v) is 5.37. The van der Waals surface area contributed by atoms with E-state index in [-0.39, 0.29) is 11.3 Å². The van der Waals surface area contributed by atoms with Crippen LogP contribution in [0.4, 0.5) is 10.5 Å². The number of hydrogen-bond acceptors (Lipinski definition) is 3. The maximum absolute atomic E-state index is 11.5. The Morgan fingerprint density at radius 1 is 1.22 bits per heavy atom. The number of nitrogens with one attached hydrogen (secondary N) is 2. The molecule has 0 unspecified atom stereocenters. The van der Waals surface area contributed by atoms with Gasteiger partial charge in [-0.1, -0.05) is 12.1 Å². The molecule has 3 N–H and O–H groups in total. The predicted molar refractivity (Wildman–Crippen MR) is 66.4 cm³/mol. The molecule has 6 heteroatoms. The normalized spacial score (nSPS) is 10.8. The largest absolute Gasteiger partial charge is 0.478 e. The molecule has 0 fully saturated rings. The van der Waals surface area contributed by atoms with Gasteiger partial charge in [0.2, 0.25) is 0 Å². The van der Waals surface area contributed by atoms with Crippen molar-refractivity contribution in [2.75, 3.05) is 5.32 Å². The molecular weight excluding hydrogens is 236 g/mol. The molecule has 1 aromatic rings. The van der Waals surface area contributed by atoms with Gasteiger partial charge in [-0.3, -0.25) is 4.84 Å². The van der Waals surface area contributed by atoms with Gasteiger partial charge < -0.3 is 10.4 Å². The highest BCUT2D eigenvalue weighted by Gasteiger charge is 2.15. The fourth-order valence-electron chi connectivity index (χ4n) is 1.13. The van der Waals surface area contributed by atoms with Crippen molar-refractivity contribution in [1.29, 1.82) is 0 Å². The van der Waals surface area contributed by atoms with Crippen molar-refractivity contribution in [2.45, 2.75) is 26.4 Å². The van der Waals surface area contributed by atoms with Gasteiger partial charge in [0.15, 0.2) is 0 Å². The van der Waals surface area contributed by atoms with Crippen LogP contribution in [-0.2, 0) is 4.84 Å². The highest BCUT2D eigenvalue weighted by molar-refractivity contribution is 5.99. The summed E-state index contributed by atoms with van der Waals surface area (Å²) in [6.07, 6.45) is 0. The van der Waals surface area contributed by atoms with Crippen molar-refractivity contribution < 1.29 is 19.5 Å². The summed E-state index contributed by atoms with van der Waals surface area (Å²) in [7, 11) is 0.